The zero-order chi connectivity index (χ0) is 14.9. The van der Waals surface area contributed by atoms with Crippen molar-refractivity contribution in [2.45, 2.75) is 18.9 Å². The average Bonchev–Trinajstić information content (AvgIpc) is 2.43. The first-order valence-corrected chi connectivity index (χ1v) is 6.74. The quantitative estimate of drug-likeness (QED) is 0.858. The second-order valence-corrected chi connectivity index (χ2v) is 5.26. The first-order chi connectivity index (χ1) is 9.40. The van der Waals surface area contributed by atoms with E-state index in [2.05, 4.69) is 20.9 Å². The Morgan fingerprint density at radius 1 is 1.20 bits per heavy atom. The number of benzene rings is 1. The van der Waals surface area contributed by atoms with Gasteiger partial charge < -0.3 is 5.73 Å². The Morgan fingerprint density at radius 3 is 2.45 bits per heavy atom. The van der Waals surface area contributed by atoms with Crippen LogP contribution in [0.1, 0.15) is 24.6 Å². The summed E-state index contributed by atoms with van der Waals surface area (Å²) in [7, 11) is 0. The fourth-order valence-corrected chi connectivity index (χ4v) is 2.39. The molecule has 2 aromatic rings. The Kier molecular flexibility index (Phi) is 4.15. The summed E-state index contributed by atoms with van der Waals surface area (Å²) in [5.41, 5.74) is 4.63. The van der Waals surface area contributed by atoms with Crippen molar-refractivity contribution >= 4 is 15.9 Å². The molecule has 1 unspecified atom stereocenters. The molecule has 0 amide bonds. The molecule has 2 rings (SSSR count). The number of halogens is 4. The van der Waals surface area contributed by atoms with Crippen LogP contribution in [0, 0.1) is 17.5 Å². The molecule has 0 saturated heterocycles. The summed E-state index contributed by atoms with van der Waals surface area (Å²) in [4.78, 5) is 3.86. The van der Waals surface area contributed by atoms with Gasteiger partial charge in [0.05, 0.1) is 27.5 Å². The van der Waals surface area contributed by atoms with Gasteiger partial charge in [0, 0.05) is 0 Å². The highest BCUT2D eigenvalue weighted by Crippen LogP contribution is 2.35. The van der Waals surface area contributed by atoms with E-state index in [1.54, 1.807) is 6.92 Å². The van der Waals surface area contributed by atoms with Crippen molar-refractivity contribution in [3.05, 3.63) is 63.6 Å². The number of pyridine rings is 1. The van der Waals surface area contributed by atoms with Gasteiger partial charge in [0.2, 0.25) is 0 Å². The lowest BCUT2D eigenvalue weighted by molar-refractivity contribution is 0.431. The third-order valence-corrected chi connectivity index (χ3v) is 3.84. The third kappa shape index (κ3) is 2.45. The van der Waals surface area contributed by atoms with Gasteiger partial charge in [-0.1, -0.05) is 6.92 Å². The van der Waals surface area contributed by atoms with Crippen LogP contribution >= 0.6 is 15.9 Å². The Labute approximate surface area is 123 Å². The van der Waals surface area contributed by atoms with E-state index in [0.29, 0.717) is 0 Å². The molecular formula is C14H12BrF3N2. The lowest BCUT2D eigenvalue weighted by atomic mass is 9.84. The molecule has 0 radical (unpaired) electrons. The van der Waals surface area contributed by atoms with E-state index in [1.807, 2.05) is 0 Å². The Hall–Kier alpha value is -1.40. The van der Waals surface area contributed by atoms with Crippen molar-refractivity contribution in [1.82, 2.24) is 4.98 Å². The molecule has 20 heavy (non-hydrogen) atoms. The molecule has 1 aromatic carbocycles. The van der Waals surface area contributed by atoms with Crippen LogP contribution in [0.5, 0.6) is 0 Å². The van der Waals surface area contributed by atoms with Crippen molar-refractivity contribution in [2.24, 2.45) is 5.73 Å². The molecular weight excluding hydrogens is 333 g/mol. The molecule has 0 aliphatic rings. The average molecular weight is 345 g/mol. The van der Waals surface area contributed by atoms with E-state index in [0.717, 1.165) is 18.3 Å². The lowest BCUT2D eigenvalue weighted by Gasteiger charge is -2.29. The van der Waals surface area contributed by atoms with Crippen LogP contribution < -0.4 is 5.73 Å². The zero-order valence-corrected chi connectivity index (χ0v) is 12.2. The molecule has 2 N–H and O–H groups in total. The Morgan fingerprint density at radius 2 is 1.90 bits per heavy atom. The van der Waals surface area contributed by atoms with E-state index in [4.69, 9.17) is 5.73 Å². The molecule has 0 bridgehead atoms. The molecule has 0 saturated carbocycles. The van der Waals surface area contributed by atoms with Gasteiger partial charge in [-0.05, 0) is 46.6 Å². The molecule has 106 valence electrons. The van der Waals surface area contributed by atoms with Gasteiger partial charge in [-0.25, -0.2) is 13.2 Å². The summed E-state index contributed by atoms with van der Waals surface area (Å²) >= 11 is 3.01. The largest absolute Gasteiger partial charge is 0.316 e. The van der Waals surface area contributed by atoms with Gasteiger partial charge in [0.25, 0.3) is 0 Å². The van der Waals surface area contributed by atoms with E-state index in [-0.39, 0.29) is 22.2 Å². The Bertz CT molecular complexity index is 631. The number of aromatic nitrogens is 1. The molecule has 0 fully saturated rings. The van der Waals surface area contributed by atoms with E-state index in [1.165, 1.54) is 12.1 Å². The summed E-state index contributed by atoms with van der Waals surface area (Å²) in [6.07, 6.45) is 1.18. The standard InChI is InChI=1S/C14H12BrF3N2/c1-2-14(19,11-6-3-8(16)7-20-11)12-10(17)5-4-9(15)13(12)18/h3-7H,2,19H2,1H3. The highest BCUT2D eigenvalue weighted by Gasteiger charge is 2.35. The summed E-state index contributed by atoms with van der Waals surface area (Å²) in [5.74, 6) is -2.08. The summed E-state index contributed by atoms with van der Waals surface area (Å²) in [6.45, 7) is 1.69. The van der Waals surface area contributed by atoms with Gasteiger partial charge >= 0.3 is 0 Å². The summed E-state index contributed by atoms with van der Waals surface area (Å²) in [6, 6.07) is 4.89. The van der Waals surface area contributed by atoms with Gasteiger partial charge in [-0.3, -0.25) is 4.98 Å². The molecule has 1 heterocycles. The smallest absolute Gasteiger partial charge is 0.145 e. The number of hydrogen-bond acceptors (Lipinski definition) is 2. The fraction of sp³-hybridized carbons (Fsp3) is 0.214. The summed E-state index contributed by atoms with van der Waals surface area (Å²) in [5, 5.41) is 0. The van der Waals surface area contributed by atoms with Crippen molar-refractivity contribution in [3.63, 3.8) is 0 Å². The second-order valence-electron chi connectivity index (χ2n) is 4.40. The minimum absolute atomic E-state index is 0.110. The first kappa shape index (κ1) is 15.0. The van der Waals surface area contributed by atoms with Crippen LogP contribution in [0.4, 0.5) is 13.2 Å². The van der Waals surface area contributed by atoms with Crippen LogP contribution in [-0.4, -0.2) is 4.98 Å². The molecule has 2 nitrogen and oxygen atoms in total. The zero-order valence-electron chi connectivity index (χ0n) is 10.6. The van der Waals surface area contributed by atoms with Crippen LogP contribution in [0.15, 0.2) is 34.9 Å². The van der Waals surface area contributed by atoms with E-state index >= 15 is 0 Å². The van der Waals surface area contributed by atoms with E-state index in [9.17, 15) is 13.2 Å². The van der Waals surface area contributed by atoms with Crippen LogP contribution in [0.2, 0.25) is 0 Å². The van der Waals surface area contributed by atoms with Gasteiger partial charge in [-0.15, -0.1) is 0 Å². The highest BCUT2D eigenvalue weighted by atomic mass is 79.9. The minimum atomic E-state index is -1.47. The SMILES string of the molecule is CCC(N)(c1ccc(F)cn1)c1c(F)ccc(Br)c1F. The maximum atomic E-state index is 14.2. The predicted octanol–water partition coefficient (Wildman–Crippen LogP) is 3.87. The van der Waals surface area contributed by atoms with Crippen LogP contribution in [-0.2, 0) is 5.54 Å². The topological polar surface area (TPSA) is 38.9 Å². The van der Waals surface area contributed by atoms with Gasteiger partial charge in [-0.2, -0.15) is 0 Å². The lowest BCUT2D eigenvalue weighted by Crippen LogP contribution is -2.40. The van der Waals surface area contributed by atoms with Crippen molar-refractivity contribution in [2.75, 3.05) is 0 Å². The predicted molar refractivity (Wildman–Crippen MR) is 73.5 cm³/mol. The van der Waals surface area contributed by atoms with Gasteiger partial charge in [0.1, 0.15) is 17.5 Å². The molecule has 0 aliphatic carbocycles. The van der Waals surface area contributed by atoms with Gasteiger partial charge in [0.15, 0.2) is 0 Å². The molecule has 1 aromatic heterocycles. The first-order valence-electron chi connectivity index (χ1n) is 5.95. The Balaban J connectivity index is 2.68. The molecule has 0 aliphatic heterocycles. The number of rotatable bonds is 3. The normalized spacial score (nSPS) is 14.1. The number of nitrogens with zero attached hydrogens (tertiary/aromatic N) is 1. The van der Waals surface area contributed by atoms with Crippen molar-refractivity contribution in [1.29, 1.82) is 0 Å². The minimum Gasteiger partial charge on any atom is -0.316 e. The van der Waals surface area contributed by atoms with Crippen molar-refractivity contribution < 1.29 is 13.2 Å². The third-order valence-electron chi connectivity index (χ3n) is 3.23. The molecule has 6 heteroatoms. The van der Waals surface area contributed by atoms with Crippen LogP contribution in [0.25, 0.3) is 0 Å². The monoisotopic (exact) mass is 344 g/mol. The summed E-state index contributed by atoms with van der Waals surface area (Å²) < 4.78 is 41.3. The maximum Gasteiger partial charge on any atom is 0.145 e. The molecule has 1 atom stereocenters. The highest BCUT2D eigenvalue weighted by molar-refractivity contribution is 9.10. The number of hydrogen-bond donors (Lipinski definition) is 1. The molecule has 0 spiro atoms. The van der Waals surface area contributed by atoms with Crippen LogP contribution in [0.3, 0.4) is 0 Å². The van der Waals surface area contributed by atoms with Crippen molar-refractivity contribution in [3.8, 4) is 0 Å². The maximum absolute atomic E-state index is 14.2. The fourth-order valence-electron chi connectivity index (χ4n) is 2.06. The number of nitrogens with two attached hydrogens (primary N) is 1. The second kappa shape index (κ2) is 5.54. The van der Waals surface area contributed by atoms with E-state index < -0.39 is 23.0 Å².